The molecule has 3 rings (SSSR count). The van der Waals surface area contributed by atoms with Gasteiger partial charge in [-0.3, -0.25) is 9.48 Å². The zero-order valence-electron chi connectivity index (χ0n) is 13.9. The summed E-state index contributed by atoms with van der Waals surface area (Å²) in [6, 6.07) is 7.44. The first-order chi connectivity index (χ1) is 12.4. The van der Waals surface area contributed by atoms with Gasteiger partial charge in [0.2, 0.25) is 0 Å². The number of hydrogen-bond acceptors (Lipinski definition) is 4. The molecule has 1 aromatic carbocycles. The van der Waals surface area contributed by atoms with Gasteiger partial charge in [0.1, 0.15) is 17.5 Å². The SMILES string of the molecule is Cc1nn(C)c2ncc(C=C(C#N)C(=O)Nc3ccc(F)c(Cl)c3)cc12. The van der Waals surface area contributed by atoms with Gasteiger partial charge in [0.05, 0.1) is 10.7 Å². The van der Waals surface area contributed by atoms with E-state index in [-0.39, 0.29) is 10.6 Å². The molecular formula is C18H13ClFN5O. The molecule has 0 aliphatic rings. The minimum absolute atomic E-state index is 0.117. The maximum atomic E-state index is 13.2. The van der Waals surface area contributed by atoms with Crippen LogP contribution in [0.2, 0.25) is 5.02 Å². The van der Waals surface area contributed by atoms with Crippen LogP contribution < -0.4 is 5.32 Å². The number of nitrogens with one attached hydrogen (secondary N) is 1. The predicted molar refractivity (Wildman–Crippen MR) is 96.9 cm³/mol. The summed E-state index contributed by atoms with van der Waals surface area (Å²) in [4.78, 5) is 16.6. The number of pyridine rings is 1. The average Bonchev–Trinajstić information content (AvgIpc) is 2.89. The van der Waals surface area contributed by atoms with Crippen molar-refractivity contribution in [1.29, 1.82) is 5.26 Å². The van der Waals surface area contributed by atoms with Crippen molar-refractivity contribution in [3.8, 4) is 6.07 Å². The Morgan fingerprint density at radius 1 is 1.42 bits per heavy atom. The van der Waals surface area contributed by atoms with E-state index < -0.39 is 11.7 Å². The van der Waals surface area contributed by atoms with Gasteiger partial charge in [-0.1, -0.05) is 11.6 Å². The van der Waals surface area contributed by atoms with E-state index in [9.17, 15) is 14.4 Å². The number of carbonyl (C=O) groups is 1. The number of hydrogen-bond donors (Lipinski definition) is 1. The summed E-state index contributed by atoms with van der Waals surface area (Å²) in [5.41, 5.74) is 2.28. The zero-order chi connectivity index (χ0) is 18.8. The maximum absolute atomic E-state index is 13.2. The lowest BCUT2D eigenvalue weighted by molar-refractivity contribution is -0.112. The third-order valence-electron chi connectivity index (χ3n) is 3.74. The maximum Gasteiger partial charge on any atom is 0.266 e. The van der Waals surface area contributed by atoms with Crippen LogP contribution in [-0.4, -0.2) is 20.7 Å². The molecule has 0 fully saturated rings. The van der Waals surface area contributed by atoms with E-state index >= 15 is 0 Å². The highest BCUT2D eigenvalue weighted by Gasteiger charge is 2.12. The largest absolute Gasteiger partial charge is 0.321 e. The molecule has 0 atom stereocenters. The molecule has 6 nitrogen and oxygen atoms in total. The first-order valence-corrected chi connectivity index (χ1v) is 7.94. The van der Waals surface area contributed by atoms with Gasteiger partial charge in [0.15, 0.2) is 5.65 Å². The first-order valence-electron chi connectivity index (χ1n) is 7.56. The molecule has 0 unspecified atom stereocenters. The molecular weight excluding hydrogens is 357 g/mol. The highest BCUT2D eigenvalue weighted by molar-refractivity contribution is 6.31. The van der Waals surface area contributed by atoms with Gasteiger partial charge in [-0.15, -0.1) is 0 Å². The Bertz CT molecular complexity index is 1100. The van der Waals surface area contributed by atoms with E-state index in [0.717, 1.165) is 17.1 Å². The highest BCUT2D eigenvalue weighted by Crippen LogP contribution is 2.21. The molecule has 0 aliphatic heterocycles. The highest BCUT2D eigenvalue weighted by atomic mass is 35.5. The second kappa shape index (κ2) is 6.94. The molecule has 2 aromatic heterocycles. The van der Waals surface area contributed by atoms with Gasteiger partial charge in [-0.05, 0) is 42.8 Å². The van der Waals surface area contributed by atoms with Crippen molar-refractivity contribution in [3.05, 3.63) is 58.1 Å². The fourth-order valence-corrected chi connectivity index (χ4v) is 2.67. The summed E-state index contributed by atoms with van der Waals surface area (Å²) in [6.45, 7) is 1.85. The molecule has 26 heavy (non-hydrogen) atoms. The fraction of sp³-hybridized carbons (Fsp3) is 0.111. The second-order valence-corrected chi connectivity index (χ2v) is 6.01. The Balaban J connectivity index is 1.90. The summed E-state index contributed by atoms with van der Waals surface area (Å²) >= 11 is 5.69. The normalized spacial score (nSPS) is 11.4. The molecule has 0 saturated heterocycles. The Hall–Kier alpha value is -3.24. The Kier molecular flexibility index (Phi) is 4.69. The number of aryl methyl sites for hydroxylation is 2. The van der Waals surface area contributed by atoms with Crippen molar-refractivity contribution < 1.29 is 9.18 Å². The predicted octanol–water partition coefficient (Wildman–Crippen LogP) is 3.61. The van der Waals surface area contributed by atoms with Gasteiger partial charge >= 0.3 is 0 Å². The molecule has 0 aliphatic carbocycles. The molecule has 130 valence electrons. The number of carbonyl (C=O) groups excluding carboxylic acids is 1. The minimum atomic E-state index is -0.627. The summed E-state index contributed by atoms with van der Waals surface area (Å²) in [7, 11) is 1.79. The monoisotopic (exact) mass is 369 g/mol. The molecule has 0 saturated carbocycles. The van der Waals surface area contributed by atoms with Gasteiger partial charge in [0, 0.05) is 24.3 Å². The third-order valence-corrected chi connectivity index (χ3v) is 4.03. The number of benzene rings is 1. The standard InChI is InChI=1S/C18H13ClFN5O/c1-10-14-6-11(9-22-17(14)25(2)24-10)5-12(8-21)18(26)23-13-3-4-16(20)15(19)7-13/h3-7,9H,1-2H3,(H,23,26). The van der Waals surface area contributed by atoms with Gasteiger partial charge < -0.3 is 5.32 Å². The van der Waals surface area contributed by atoms with Crippen molar-refractivity contribution in [1.82, 2.24) is 14.8 Å². The van der Waals surface area contributed by atoms with Crippen molar-refractivity contribution in [2.24, 2.45) is 7.05 Å². The molecule has 1 amide bonds. The lowest BCUT2D eigenvalue weighted by Gasteiger charge is -2.05. The Morgan fingerprint density at radius 2 is 2.19 bits per heavy atom. The Labute approximate surface area is 153 Å². The molecule has 2 heterocycles. The van der Waals surface area contributed by atoms with Gasteiger partial charge in [0.25, 0.3) is 5.91 Å². The lowest BCUT2D eigenvalue weighted by atomic mass is 10.1. The summed E-state index contributed by atoms with van der Waals surface area (Å²) in [6.07, 6.45) is 2.99. The summed E-state index contributed by atoms with van der Waals surface area (Å²) in [5.74, 6) is -1.22. The van der Waals surface area contributed by atoms with E-state index in [0.29, 0.717) is 16.9 Å². The van der Waals surface area contributed by atoms with Crippen LogP contribution in [0.4, 0.5) is 10.1 Å². The number of nitriles is 1. The van der Waals surface area contributed by atoms with Crippen molar-refractivity contribution in [2.75, 3.05) is 5.32 Å². The fourth-order valence-electron chi connectivity index (χ4n) is 2.49. The number of fused-ring (bicyclic) bond motifs is 1. The third kappa shape index (κ3) is 3.41. The number of aromatic nitrogens is 3. The Morgan fingerprint density at radius 3 is 2.88 bits per heavy atom. The van der Waals surface area contributed by atoms with E-state index in [1.807, 2.05) is 19.1 Å². The van der Waals surface area contributed by atoms with Gasteiger partial charge in [-0.25, -0.2) is 9.37 Å². The van der Waals surface area contributed by atoms with Crippen LogP contribution in [0.1, 0.15) is 11.3 Å². The van der Waals surface area contributed by atoms with Crippen LogP contribution in [-0.2, 0) is 11.8 Å². The quantitative estimate of drug-likeness (QED) is 0.564. The van der Waals surface area contributed by atoms with Crippen molar-refractivity contribution in [2.45, 2.75) is 6.92 Å². The van der Waals surface area contributed by atoms with Crippen molar-refractivity contribution in [3.63, 3.8) is 0 Å². The number of anilines is 1. The molecule has 0 spiro atoms. The molecule has 0 bridgehead atoms. The van der Waals surface area contributed by atoms with Crippen molar-refractivity contribution >= 4 is 40.3 Å². The van der Waals surface area contributed by atoms with E-state index in [2.05, 4.69) is 15.4 Å². The summed E-state index contributed by atoms with van der Waals surface area (Å²) < 4.78 is 14.8. The molecule has 1 N–H and O–H groups in total. The summed E-state index contributed by atoms with van der Waals surface area (Å²) in [5, 5.41) is 16.8. The first kappa shape index (κ1) is 17.6. The minimum Gasteiger partial charge on any atom is -0.321 e. The van der Waals surface area contributed by atoms with Crippen LogP contribution in [0.25, 0.3) is 17.1 Å². The second-order valence-electron chi connectivity index (χ2n) is 5.60. The number of nitrogens with zero attached hydrogens (tertiary/aromatic N) is 4. The van der Waals surface area contributed by atoms with Crippen LogP contribution in [0.5, 0.6) is 0 Å². The average molecular weight is 370 g/mol. The molecule has 0 radical (unpaired) electrons. The van der Waals surface area contributed by atoms with E-state index in [4.69, 9.17) is 11.6 Å². The van der Waals surface area contributed by atoms with Crippen LogP contribution >= 0.6 is 11.6 Å². The topological polar surface area (TPSA) is 83.6 Å². The van der Waals surface area contributed by atoms with E-state index in [1.165, 1.54) is 18.2 Å². The molecule has 3 aromatic rings. The van der Waals surface area contributed by atoms with E-state index in [1.54, 1.807) is 17.9 Å². The van der Waals surface area contributed by atoms with Gasteiger partial charge in [-0.2, -0.15) is 10.4 Å². The number of amides is 1. The van der Waals surface area contributed by atoms with Crippen LogP contribution in [0.3, 0.4) is 0 Å². The number of rotatable bonds is 3. The zero-order valence-corrected chi connectivity index (χ0v) is 14.7. The van der Waals surface area contributed by atoms with Crippen LogP contribution in [0.15, 0.2) is 36.0 Å². The molecule has 8 heteroatoms. The number of halogens is 2. The lowest BCUT2D eigenvalue weighted by Crippen LogP contribution is -2.13. The van der Waals surface area contributed by atoms with Crippen LogP contribution in [0, 0.1) is 24.1 Å². The smallest absolute Gasteiger partial charge is 0.266 e.